The number of pyridine rings is 1. The van der Waals surface area contributed by atoms with E-state index in [4.69, 9.17) is 9.72 Å². The number of likely N-dealkylation sites (tertiary alicyclic amines) is 1. The Balaban J connectivity index is 1.39. The summed E-state index contributed by atoms with van der Waals surface area (Å²) in [6.45, 7) is 5.45. The zero-order valence-corrected chi connectivity index (χ0v) is 17.9. The number of nitrogens with zero attached hydrogens (tertiary/aromatic N) is 4. The first-order valence-electron chi connectivity index (χ1n) is 10.6. The molecule has 1 N–H and O–H groups in total. The number of aryl methyl sites for hydroxylation is 2. The maximum absolute atomic E-state index is 12.8. The van der Waals surface area contributed by atoms with Crippen LogP contribution in [0.1, 0.15) is 35.6 Å². The van der Waals surface area contributed by atoms with E-state index in [1.807, 2.05) is 55.1 Å². The normalized spacial score (nSPS) is 16.1. The summed E-state index contributed by atoms with van der Waals surface area (Å²) in [5.41, 5.74) is 3.06. The van der Waals surface area contributed by atoms with Crippen molar-refractivity contribution >= 4 is 17.5 Å². The van der Waals surface area contributed by atoms with Crippen molar-refractivity contribution in [1.82, 2.24) is 19.9 Å². The minimum Gasteiger partial charge on any atom is -0.483 e. The van der Waals surface area contributed by atoms with Crippen LogP contribution in [0.2, 0.25) is 0 Å². The minimum atomic E-state index is 0.0150. The highest BCUT2D eigenvalue weighted by atomic mass is 16.5. The Morgan fingerprint density at radius 1 is 1.13 bits per heavy atom. The quantitative estimate of drug-likeness (QED) is 0.653. The first-order valence-corrected chi connectivity index (χ1v) is 10.6. The van der Waals surface area contributed by atoms with Gasteiger partial charge in [-0.2, -0.15) is 0 Å². The highest BCUT2D eigenvalue weighted by Gasteiger charge is 2.26. The summed E-state index contributed by atoms with van der Waals surface area (Å²) in [4.78, 5) is 27.8. The smallest absolute Gasteiger partial charge is 0.260 e. The van der Waals surface area contributed by atoms with Crippen molar-refractivity contribution in [3.05, 3.63) is 71.8 Å². The number of carbonyl (C=O) groups excluding carboxylic acids is 1. The van der Waals surface area contributed by atoms with Gasteiger partial charge in [-0.05, 0) is 49.9 Å². The molecule has 0 spiro atoms. The number of benzene rings is 1. The molecule has 3 heterocycles. The first-order chi connectivity index (χ1) is 15.1. The van der Waals surface area contributed by atoms with E-state index in [0.29, 0.717) is 12.4 Å². The SMILES string of the molecule is Cc1cccc(C)c1OCC(=O)N1CCC[C@H](c2cccc(Nc3cnccn3)n2)C1. The van der Waals surface area contributed by atoms with Crippen molar-refractivity contribution in [2.75, 3.05) is 25.0 Å². The molecule has 7 nitrogen and oxygen atoms in total. The molecule has 1 amide bonds. The number of rotatable bonds is 6. The molecule has 1 aromatic carbocycles. The van der Waals surface area contributed by atoms with Gasteiger partial charge in [-0.1, -0.05) is 24.3 Å². The number of carbonyl (C=O) groups is 1. The molecular formula is C24H27N5O2. The Morgan fingerprint density at radius 2 is 1.94 bits per heavy atom. The van der Waals surface area contributed by atoms with Crippen LogP contribution in [0, 0.1) is 13.8 Å². The van der Waals surface area contributed by atoms with Crippen molar-refractivity contribution in [1.29, 1.82) is 0 Å². The zero-order chi connectivity index (χ0) is 21.6. The standard InChI is InChI=1S/C24H27N5O2/c1-17-6-3-7-18(2)24(17)31-16-23(30)29-13-5-8-19(15-29)20-9-4-10-21(27-20)28-22-14-25-11-12-26-22/h3-4,6-7,9-12,14,19H,5,8,13,15-16H2,1-2H3,(H,26,27,28)/t19-/m0/s1. The van der Waals surface area contributed by atoms with Gasteiger partial charge in [-0.15, -0.1) is 0 Å². The Kier molecular flexibility index (Phi) is 6.40. The average Bonchev–Trinajstić information content (AvgIpc) is 2.79. The maximum Gasteiger partial charge on any atom is 0.260 e. The number of aromatic nitrogens is 3. The molecular weight excluding hydrogens is 390 g/mol. The lowest BCUT2D eigenvalue weighted by Crippen LogP contribution is -2.41. The van der Waals surface area contributed by atoms with Gasteiger partial charge in [-0.3, -0.25) is 9.78 Å². The number of hydrogen-bond acceptors (Lipinski definition) is 6. The molecule has 2 aromatic heterocycles. The summed E-state index contributed by atoms with van der Waals surface area (Å²) < 4.78 is 5.88. The van der Waals surface area contributed by atoms with Gasteiger partial charge in [-0.25, -0.2) is 9.97 Å². The molecule has 0 bridgehead atoms. The van der Waals surface area contributed by atoms with Crippen LogP contribution in [-0.4, -0.2) is 45.5 Å². The third-order valence-electron chi connectivity index (χ3n) is 5.53. The summed E-state index contributed by atoms with van der Waals surface area (Å²) in [7, 11) is 0. The molecule has 0 unspecified atom stereocenters. The number of amides is 1. The summed E-state index contributed by atoms with van der Waals surface area (Å²) in [5, 5.41) is 3.18. The van der Waals surface area contributed by atoms with Gasteiger partial charge in [0, 0.05) is 37.1 Å². The summed E-state index contributed by atoms with van der Waals surface area (Å²) in [6, 6.07) is 11.9. The van der Waals surface area contributed by atoms with Gasteiger partial charge < -0.3 is 15.0 Å². The van der Waals surface area contributed by atoms with Crippen LogP contribution >= 0.6 is 0 Å². The molecule has 4 rings (SSSR count). The van der Waals surface area contributed by atoms with Crippen molar-refractivity contribution in [3.63, 3.8) is 0 Å². The number of anilines is 2. The second kappa shape index (κ2) is 9.55. The predicted octanol–water partition coefficient (Wildman–Crippen LogP) is 4.02. The molecule has 1 aliphatic rings. The summed E-state index contributed by atoms with van der Waals surface area (Å²) >= 11 is 0. The lowest BCUT2D eigenvalue weighted by atomic mass is 9.94. The van der Waals surface area contributed by atoms with Crippen LogP contribution in [0.15, 0.2) is 55.0 Å². The Labute approximate surface area is 182 Å². The van der Waals surface area contributed by atoms with Gasteiger partial charge in [0.25, 0.3) is 5.91 Å². The van der Waals surface area contributed by atoms with Gasteiger partial charge >= 0.3 is 0 Å². The summed E-state index contributed by atoms with van der Waals surface area (Å²) in [5.74, 6) is 2.38. The van der Waals surface area contributed by atoms with Gasteiger partial charge in [0.1, 0.15) is 17.4 Å². The van der Waals surface area contributed by atoms with Crippen LogP contribution in [0.4, 0.5) is 11.6 Å². The lowest BCUT2D eigenvalue weighted by molar-refractivity contribution is -0.134. The van der Waals surface area contributed by atoms with Crippen molar-refractivity contribution in [2.45, 2.75) is 32.6 Å². The molecule has 1 atom stereocenters. The fourth-order valence-corrected chi connectivity index (χ4v) is 3.94. The fourth-order valence-electron chi connectivity index (χ4n) is 3.94. The second-order valence-electron chi connectivity index (χ2n) is 7.85. The molecule has 0 radical (unpaired) electrons. The van der Waals surface area contributed by atoms with E-state index in [0.717, 1.165) is 47.8 Å². The van der Waals surface area contributed by atoms with Gasteiger partial charge in [0.2, 0.25) is 0 Å². The number of para-hydroxylation sites is 1. The van der Waals surface area contributed by atoms with Crippen molar-refractivity contribution in [2.24, 2.45) is 0 Å². The molecule has 0 saturated carbocycles. The van der Waals surface area contributed by atoms with Crippen LogP contribution in [0.25, 0.3) is 0 Å². The third kappa shape index (κ3) is 5.17. The molecule has 160 valence electrons. The van der Waals surface area contributed by atoms with E-state index in [1.54, 1.807) is 18.6 Å². The average molecular weight is 418 g/mol. The summed E-state index contributed by atoms with van der Waals surface area (Å²) in [6.07, 6.45) is 6.88. The number of ether oxygens (including phenoxy) is 1. The molecule has 31 heavy (non-hydrogen) atoms. The third-order valence-corrected chi connectivity index (χ3v) is 5.53. The fraction of sp³-hybridized carbons (Fsp3) is 0.333. The predicted molar refractivity (Wildman–Crippen MR) is 120 cm³/mol. The van der Waals surface area contributed by atoms with E-state index in [2.05, 4.69) is 15.3 Å². The zero-order valence-electron chi connectivity index (χ0n) is 17.9. The highest BCUT2D eigenvalue weighted by Crippen LogP contribution is 2.27. The van der Waals surface area contributed by atoms with E-state index in [9.17, 15) is 4.79 Å². The monoisotopic (exact) mass is 417 g/mol. The molecule has 1 saturated heterocycles. The Bertz CT molecular complexity index is 1020. The number of piperidine rings is 1. The molecule has 3 aromatic rings. The molecule has 1 fully saturated rings. The second-order valence-corrected chi connectivity index (χ2v) is 7.85. The van der Waals surface area contributed by atoms with Crippen LogP contribution < -0.4 is 10.1 Å². The van der Waals surface area contributed by atoms with E-state index < -0.39 is 0 Å². The Morgan fingerprint density at radius 3 is 2.71 bits per heavy atom. The Hall–Kier alpha value is -3.48. The van der Waals surface area contributed by atoms with E-state index in [-0.39, 0.29) is 18.4 Å². The van der Waals surface area contributed by atoms with Crippen LogP contribution in [0.5, 0.6) is 5.75 Å². The number of hydrogen-bond donors (Lipinski definition) is 1. The molecule has 0 aliphatic carbocycles. The molecule has 7 heteroatoms. The lowest BCUT2D eigenvalue weighted by Gasteiger charge is -2.32. The minimum absolute atomic E-state index is 0.0150. The molecule has 1 aliphatic heterocycles. The maximum atomic E-state index is 12.8. The number of nitrogens with one attached hydrogen (secondary N) is 1. The van der Waals surface area contributed by atoms with Crippen LogP contribution in [-0.2, 0) is 4.79 Å². The van der Waals surface area contributed by atoms with Gasteiger partial charge in [0.15, 0.2) is 6.61 Å². The van der Waals surface area contributed by atoms with Crippen molar-refractivity contribution in [3.8, 4) is 5.75 Å². The first kappa shape index (κ1) is 20.8. The van der Waals surface area contributed by atoms with Crippen molar-refractivity contribution < 1.29 is 9.53 Å². The topological polar surface area (TPSA) is 80.2 Å². The highest BCUT2D eigenvalue weighted by molar-refractivity contribution is 5.78. The van der Waals surface area contributed by atoms with E-state index >= 15 is 0 Å². The van der Waals surface area contributed by atoms with Gasteiger partial charge in [0.05, 0.1) is 6.20 Å². The van der Waals surface area contributed by atoms with E-state index in [1.165, 1.54) is 0 Å². The van der Waals surface area contributed by atoms with Crippen LogP contribution in [0.3, 0.4) is 0 Å². The largest absolute Gasteiger partial charge is 0.483 e.